The highest BCUT2D eigenvalue weighted by atomic mass is 32.2. The molecule has 0 saturated carbocycles. The molecule has 0 fully saturated rings. The van der Waals surface area contributed by atoms with E-state index in [1.807, 2.05) is 0 Å². The van der Waals surface area contributed by atoms with Gasteiger partial charge in [0.1, 0.15) is 5.82 Å². The Morgan fingerprint density at radius 1 is 1.24 bits per heavy atom. The van der Waals surface area contributed by atoms with Gasteiger partial charge in [0.15, 0.2) is 0 Å². The van der Waals surface area contributed by atoms with Crippen LogP contribution in [-0.4, -0.2) is 11.8 Å². The maximum atomic E-state index is 13.5. The van der Waals surface area contributed by atoms with E-state index < -0.39 is 0 Å². The van der Waals surface area contributed by atoms with Gasteiger partial charge in [0.25, 0.3) is 0 Å². The van der Waals surface area contributed by atoms with Crippen LogP contribution in [-0.2, 0) is 6.54 Å². The summed E-state index contributed by atoms with van der Waals surface area (Å²) in [6, 6.07) is 5.31. The van der Waals surface area contributed by atoms with E-state index in [9.17, 15) is 4.39 Å². The molecule has 0 heterocycles. The predicted octanol–water partition coefficient (Wildman–Crippen LogP) is 4.07. The molecule has 0 radical (unpaired) electrons. The van der Waals surface area contributed by atoms with Gasteiger partial charge < -0.3 is 5.32 Å². The van der Waals surface area contributed by atoms with Crippen LogP contribution in [0.1, 0.15) is 33.3 Å². The summed E-state index contributed by atoms with van der Waals surface area (Å²) in [7, 11) is 0. The summed E-state index contributed by atoms with van der Waals surface area (Å²) in [6.07, 6.45) is 0. The summed E-state index contributed by atoms with van der Waals surface area (Å²) in [5.74, 6) is 0.458. The summed E-state index contributed by atoms with van der Waals surface area (Å²) in [5.41, 5.74) is 1.02. The molecule has 0 aliphatic rings. The summed E-state index contributed by atoms with van der Waals surface area (Å²) in [5, 5.41) is 3.72. The van der Waals surface area contributed by atoms with Crippen LogP contribution in [0.4, 0.5) is 4.39 Å². The number of hydrogen-bond donors (Lipinski definition) is 1. The van der Waals surface area contributed by atoms with Crippen molar-refractivity contribution in [1.29, 1.82) is 0 Å². The van der Waals surface area contributed by atoms with Gasteiger partial charge in [0.05, 0.1) is 0 Å². The normalized spacial score (nSPS) is 13.1. The molecular weight excluding hydrogens is 233 g/mol. The Morgan fingerprint density at radius 2 is 1.94 bits per heavy atom. The second-order valence-corrected chi connectivity index (χ2v) is 6.09. The van der Waals surface area contributed by atoms with Crippen LogP contribution in [0.25, 0.3) is 0 Å². The van der Waals surface area contributed by atoms with Crippen LogP contribution < -0.4 is 5.32 Å². The first-order valence-corrected chi connectivity index (χ1v) is 7.07. The minimum atomic E-state index is -0.140. The monoisotopic (exact) mass is 255 g/mol. The topological polar surface area (TPSA) is 12.0 Å². The molecule has 0 aliphatic carbocycles. The van der Waals surface area contributed by atoms with Crippen LogP contribution in [0.3, 0.4) is 0 Å². The molecule has 1 atom stereocenters. The van der Waals surface area contributed by atoms with Crippen molar-refractivity contribution in [3.05, 3.63) is 29.6 Å². The van der Waals surface area contributed by atoms with Gasteiger partial charge in [-0.1, -0.05) is 27.7 Å². The molecule has 0 aliphatic heterocycles. The van der Waals surface area contributed by atoms with Crippen LogP contribution in [0.2, 0.25) is 0 Å². The molecule has 96 valence electrons. The lowest BCUT2D eigenvalue weighted by Crippen LogP contribution is -2.12. The molecule has 1 rings (SSSR count). The zero-order chi connectivity index (χ0) is 12.8. The molecule has 1 aromatic carbocycles. The quantitative estimate of drug-likeness (QED) is 0.769. The molecule has 0 spiro atoms. The second-order valence-electron chi connectivity index (χ2n) is 4.64. The Balaban J connectivity index is 2.74. The van der Waals surface area contributed by atoms with Gasteiger partial charge in [-0.3, -0.25) is 0 Å². The summed E-state index contributed by atoms with van der Waals surface area (Å²) < 4.78 is 13.5. The Hall–Kier alpha value is -0.540. The number of benzene rings is 1. The Kier molecular flexibility index (Phi) is 6.00. The second kappa shape index (κ2) is 7.02. The minimum absolute atomic E-state index is 0.140. The Bertz CT molecular complexity index is 352. The lowest BCUT2D eigenvalue weighted by Gasteiger charge is -2.15. The third-order valence-corrected chi connectivity index (χ3v) is 4.19. The van der Waals surface area contributed by atoms with E-state index in [4.69, 9.17) is 0 Å². The molecule has 0 amide bonds. The molecule has 1 aromatic rings. The third-order valence-electron chi connectivity index (χ3n) is 2.77. The third kappa shape index (κ3) is 5.09. The fourth-order valence-electron chi connectivity index (χ4n) is 1.41. The van der Waals surface area contributed by atoms with E-state index in [1.165, 1.54) is 0 Å². The fourth-order valence-corrected chi connectivity index (χ4v) is 2.51. The molecule has 1 N–H and O–H groups in total. The van der Waals surface area contributed by atoms with Crippen LogP contribution in [0.15, 0.2) is 23.1 Å². The van der Waals surface area contributed by atoms with Crippen molar-refractivity contribution in [2.24, 2.45) is 5.92 Å². The molecule has 0 saturated heterocycles. The van der Waals surface area contributed by atoms with Gasteiger partial charge >= 0.3 is 0 Å². The van der Waals surface area contributed by atoms with E-state index in [2.05, 4.69) is 39.1 Å². The van der Waals surface area contributed by atoms with Crippen molar-refractivity contribution in [2.75, 3.05) is 6.54 Å². The number of halogens is 1. The van der Waals surface area contributed by atoms with Crippen LogP contribution in [0.5, 0.6) is 0 Å². The summed E-state index contributed by atoms with van der Waals surface area (Å²) in [6.45, 7) is 10.3. The zero-order valence-electron chi connectivity index (χ0n) is 11.1. The summed E-state index contributed by atoms with van der Waals surface area (Å²) >= 11 is 1.75. The first-order chi connectivity index (χ1) is 8.02. The SMILES string of the molecule is CCNCc1cc(F)cc(SC(C)C(C)C)c1. The predicted molar refractivity (Wildman–Crippen MR) is 73.9 cm³/mol. The Labute approximate surface area is 108 Å². The molecule has 0 bridgehead atoms. The van der Waals surface area contributed by atoms with E-state index in [0.717, 1.165) is 23.5 Å². The summed E-state index contributed by atoms with van der Waals surface area (Å²) in [4.78, 5) is 1.03. The van der Waals surface area contributed by atoms with Gasteiger partial charge in [-0.05, 0) is 36.2 Å². The fraction of sp³-hybridized carbons (Fsp3) is 0.571. The minimum Gasteiger partial charge on any atom is -0.313 e. The average Bonchev–Trinajstić information content (AvgIpc) is 2.25. The highest BCUT2D eigenvalue weighted by molar-refractivity contribution is 8.00. The van der Waals surface area contributed by atoms with Crippen molar-refractivity contribution in [3.63, 3.8) is 0 Å². The number of rotatable bonds is 6. The van der Waals surface area contributed by atoms with Crippen LogP contribution >= 0.6 is 11.8 Å². The smallest absolute Gasteiger partial charge is 0.124 e. The van der Waals surface area contributed by atoms with E-state index in [-0.39, 0.29) is 5.82 Å². The van der Waals surface area contributed by atoms with Gasteiger partial charge in [-0.2, -0.15) is 0 Å². The lowest BCUT2D eigenvalue weighted by atomic mass is 10.2. The van der Waals surface area contributed by atoms with Crippen molar-refractivity contribution in [3.8, 4) is 0 Å². The molecule has 1 nitrogen and oxygen atoms in total. The zero-order valence-corrected chi connectivity index (χ0v) is 11.9. The molecular formula is C14H22FNS. The van der Waals surface area contributed by atoms with Crippen molar-refractivity contribution >= 4 is 11.8 Å². The van der Waals surface area contributed by atoms with E-state index in [1.54, 1.807) is 23.9 Å². The standard InChI is InChI=1S/C14H22FNS/c1-5-16-9-12-6-13(15)8-14(7-12)17-11(4)10(2)3/h6-8,10-11,16H,5,9H2,1-4H3. The van der Waals surface area contributed by atoms with Gasteiger partial charge in [-0.25, -0.2) is 4.39 Å². The highest BCUT2D eigenvalue weighted by Crippen LogP contribution is 2.29. The maximum absolute atomic E-state index is 13.5. The van der Waals surface area contributed by atoms with Crippen molar-refractivity contribution in [2.45, 2.75) is 44.4 Å². The van der Waals surface area contributed by atoms with E-state index in [0.29, 0.717) is 11.2 Å². The van der Waals surface area contributed by atoms with Crippen molar-refractivity contribution in [1.82, 2.24) is 5.32 Å². The van der Waals surface area contributed by atoms with E-state index >= 15 is 0 Å². The number of nitrogens with one attached hydrogen (secondary N) is 1. The molecule has 1 unspecified atom stereocenters. The first-order valence-electron chi connectivity index (χ1n) is 6.19. The van der Waals surface area contributed by atoms with Crippen LogP contribution in [0, 0.1) is 11.7 Å². The Morgan fingerprint density at radius 3 is 2.53 bits per heavy atom. The molecule has 17 heavy (non-hydrogen) atoms. The first kappa shape index (κ1) is 14.5. The average molecular weight is 255 g/mol. The van der Waals surface area contributed by atoms with Gasteiger partial charge in [0, 0.05) is 16.7 Å². The largest absolute Gasteiger partial charge is 0.313 e. The lowest BCUT2D eigenvalue weighted by molar-refractivity contribution is 0.616. The number of hydrogen-bond acceptors (Lipinski definition) is 2. The molecule has 3 heteroatoms. The van der Waals surface area contributed by atoms with Gasteiger partial charge in [-0.15, -0.1) is 11.8 Å². The number of thioether (sulfide) groups is 1. The molecule has 0 aromatic heterocycles. The maximum Gasteiger partial charge on any atom is 0.124 e. The van der Waals surface area contributed by atoms with Crippen molar-refractivity contribution < 1.29 is 4.39 Å². The van der Waals surface area contributed by atoms with Gasteiger partial charge in [0.2, 0.25) is 0 Å². The highest BCUT2D eigenvalue weighted by Gasteiger charge is 2.10.